The van der Waals surface area contributed by atoms with Crippen LogP contribution in [0.1, 0.15) is 20.3 Å². The summed E-state index contributed by atoms with van der Waals surface area (Å²) < 4.78 is 1.97. The number of hydrogen-bond acceptors (Lipinski definition) is 2. The highest BCUT2D eigenvalue weighted by molar-refractivity contribution is 9.11. The lowest BCUT2D eigenvalue weighted by Crippen LogP contribution is -2.14. The van der Waals surface area contributed by atoms with E-state index in [0.29, 0.717) is 6.04 Å². The Hall–Kier alpha value is -0.0900. The van der Waals surface area contributed by atoms with Crippen LogP contribution in [0.4, 0.5) is 5.82 Å². The predicted octanol–water partition coefficient (Wildman–Crippen LogP) is 3.82. The van der Waals surface area contributed by atoms with E-state index in [-0.39, 0.29) is 0 Å². The smallest absolute Gasteiger partial charge is 0.140 e. The van der Waals surface area contributed by atoms with E-state index < -0.39 is 0 Å². The second-order valence-electron chi connectivity index (χ2n) is 2.94. The van der Waals surface area contributed by atoms with Crippen LogP contribution in [-0.4, -0.2) is 11.0 Å². The van der Waals surface area contributed by atoms with Gasteiger partial charge in [-0.2, -0.15) is 0 Å². The van der Waals surface area contributed by atoms with Crippen molar-refractivity contribution in [2.45, 2.75) is 26.3 Å². The molecule has 1 heterocycles. The van der Waals surface area contributed by atoms with E-state index in [2.05, 4.69) is 56.0 Å². The third kappa shape index (κ3) is 3.27. The topological polar surface area (TPSA) is 24.9 Å². The summed E-state index contributed by atoms with van der Waals surface area (Å²) in [6, 6.07) is 2.43. The standard InChI is InChI=1S/C9H12Br2N2/c1-3-6(2)13-9-8(11)4-7(10)5-12-9/h4-6H,3H2,1-2H3,(H,12,13). The van der Waals surface area contributed by atoms with Gasteiger partial charge in [0.2, 0.25) is 0 Å². The van der Waals surface area contributed by atoms with Crippen LogP contribution in [-0.2, 0) is 0 Å². The zero-order chi connectivity index (χ0) is 9.84. The van der Waals surface area contributed by atoms with Gasteiger partial charge in [0.25, 0.3) is 0 Å². The zero-order valence-electron chi connectivity index (χ0n) is 7.64. The van der Waals surface area contributed by atoms with Crippen molar-refractivity contribution >= 4 is 37.7 Å². The van der Waals surface area contributed by atoms with E-state index in [1.807, 2.05) is 6.07 Å². The first-order valence-corrected chi connectivity index (χ1v) is 5.79. The Morgan fingerprint density at radius 2 is 2.23 bits per heavy atom. The van der Waals surface area contributed by atoms with Crippen LogP contribution in [0.3, 0.4) is 0 Å². The molecule has 1 aromatic rings. The number of pyridine rings is 1. The number of anilines is 1. The number of aromatic nitrogens is 1. The molecule has 0 aliphatic rings. The summed E-state index contributed by atoms with van der Waals surface area (Å²) >= 11 is 6.81. The van der Waals surface area contributed by atoms with Crippen molar-refractivity contribution < 1.29 is 0 Å². The van der Waals surface area contributed by atoms with Crippen molar-refractivity contribution in [3.05, 3.63) is 21.2 Å². The third-order valence-electron chi connectivity index (χ3n) is 1.80. The normalized spacial score (nSPS) is 12.6. The van der Waals surface area contributed by atoms with Gasteiger partial charge in [-0.05, 0) is 51.3 Å². The van der Waals surface area contributed by atoms with Crippen molar-refractivity contribution in [1.82, 2.24) is 4.98 Å². The number of halogens is 2. The molecule has 0 amide bonds. The van der Waals surface area contributed by atoms with Gasteiger partial charge in [-0.25, -0.2) is 4.98 Å². The molecule has 0 radical (unpaired) electrons. The molecule has 0 spiro atoms. The maximum Gasteiger partial charge on any atom is 0.140 e. The average Bonchev–Trinajstić information content (AvgIpc) is 2.09. The quantitative estimate of drug-likeness (QED) is 0.918. The minimum Gasteiger partial charge on any atom is -0.367 e. The molecule has 1 N–H and O–H groups in total. The first-order chi connectivity index (χ1) is 6.13. The minimum atomic E-state index is 0.449. The molecule has 0 saturated heterocycles. The fraction of sp³-hybridized carbons (Fsp3) is 0.444. The van der Waals surface area contributed by atoms with E-state index in [0.717, 1.165) is 21.2 Å². The van der Waals surface area contributed by atoms with Gasteiger partial charge in [0.15, 0.2) is 0 Å². The maximum absolute atomic E-state index is 4.26. The first kappa shape index (κ1) is 11.0. The Labute approximate surface area is 95.4 Å². The molecule has 1 unspecified atom stereocenters. The molecular weight excluding hydrogens is 296 g/mol. The van der Waals surface area contributed by atoms with Crippen molar-refractivity contribution in [3.8, 4) is 0 Å². The second-order valence-corrected chi connectivity index (χ2v) is 4.71. The SMILES string of the molecule is CCC(C)Nc1ncc(Br)cc1Br. The highest BCUT2D eigenvalue weighted by atomic mass is 79.9. The highest BCUT2D eigenvalue weighted by Gasteiger charge is 2.04. The Bertz CT molecular complexity index is 289. The molecule has 0 bridgehead atoms. The number of nitrogens with one attached hydrogen (secondary N) is 1. The average molecular weight is 308 g/mol. The van der Waals surface area contributed by atoms with Crippen molar-refractivity contribution in [2.75, 3.05) is 5.32 Å². The maximum atomic E-state index is 4.26. The fourth-order valence-corrected chi connectivity index (χ4v) is 1.96. The number of hydrogen-bond donors (Lipinski definition) is 1. The summed E-state index contributed by atoms with van der Waals surface area (Å²) in [7, 11) is 0. The zero-order valence-corrected chi connectivity index (χ0v) is 10.8. The van der Waals surface area contributed by atoms with E-state index >= 15 is 0 Å². The Morgan fingerprint density at radius 3 is 2.77 bits per heavy atom. The Kier molecular flexibility index (Phi) is 4.19. The lowest BCUT2D eigenvalue weighted by atomic mass is 10.2. The Morgan fingerprint density at radius 1 is 1.54 bits per heavy atom. The van der Waals surface area contributed by atoms with Crippen LogP contribution in [0.5, 0.6) is 0 Å². The Balaban J connectivity index is 2.77. The molecule has 0 saturated carbocycles. The van der Waals surface area contributed by atoms with Gasteiger partial charge in [0.05, 0.1) is 4.47 Å². The molecule has 13 heavy (non-hydrogen) atoms. The highest BCUT2D eigenvalue weighted by Crippen LogP contribution is 2.24. The van der Waals surface area contributed by atoms with Crippen LogP contribution >= 0.6 is 31.9 Å². The molecular formula is C9H12Br2N2. The minimum absolute atomic E-state index is 0.449. The molecule has 4 heteroatoms. The van der Waals surface area contributed by atoms with E-state index in [4.69, 9.17) is 0 Å². The lowest BCUT2D eigenvalue weighted by molar-refractivity contribution is 0.758. The van der Waals surface area contributed by atoms with Gasteiger partial charge in [-0.1, -0.05) is 6.92 Å². The van der Waals surface area contributed by atoms with Crippen LogP contribution < -0.4 is 5.32 Å². The van der Waals surface area contributed by atoms with Gasteiger partial charge < -0.3 is 5.32 Å². The molecule has 0 fully saturated rings. The second kappa shape index (κ2) is 4.96. The molecule has 72 valence electrons. The van der Waals surface area contributed by atoms with Crippen LogP contribution in [0.15, 0.2) is 21.2 Å². The summed E-state index contributed by atoms with van der Waals surface area (Å²) in [5.41, 5.74) is 0. The van der Waals surface area contributed by atoms with Crippen molar-refractivity contribution in [1.29, 1.82) is 0 Å². The predicted molar refractivity (Wildman–Crippen MR) is 63.0 cm³/mol. The van der Waals surface area contributed by atoms with Crippen LogP contribution in [0, 0.1) is 0 Å². The van der Waals surface area contributed by atoms with Crippen LogP contribution in [0.25, 0.3) is 0 Å². The van der Waals surface area contributed by atoms with E-state index in [1.54, 1.807) is 6.20 Å². The molecule has 1 aromatic heterocycles. The summed E-state index contributed by atoms with van der Waals surface area (Å²) in [6.45, 7) is 4.28. The van der Waals surface area contributed by atoms with Crippen molar-refractivity contribution in [3.63, 3.8) is 0 Å². The van der Waals surface area contributed by atoms with E-state index in [1.165, 1.54) is 0 Å². The fourth-order valence-electron chi connectivity index (χ4n) is 0.856. The number of rotatable bonds is 3. The van der Waals surface area contributed by atoms with Gasteiger partial charge in [0, 0.05) is 16.7 Å². The van der Waals surface area contributed by atoms with Gasteiger partial charge in [0.1, 0.15) is 5.82 Å². The van der Waals surface area contributed by atoms with Gasteiger partial charge in [-0.3, -0.25) is 0 Å². The van der Waals surface area contributed by atoms with E-state index in [9.17, 15) is 0 Å². The molecule has 0 aromatic carbocycles. The largest absolute Gasteiger partial charge is 0.367 e. The third-order valence-corrected chi connectivity index (χ3v) is 2.84. The number of nitrogens with zero attached hydrogens (tertiary/aromatic N) is 1. The monoisotopic (exact) mass is 306 g/mol. The lowest BCUT2D eigenvalue weighted by Gasteiger charge is -2.13. The van der Waals surface area contributed by atoms with Gasteiger partial charge in [-0.15, -0.1) is 0 Å². The molecule has 0 aliphatic heterocycles. The summed E-state index contributed by atoms with van der Waals surface area (Å²) in [5, 5.41) is 3.31. The molecule has 0 aliphatic carbocycles. The summed E-state index contributed by atoms with van der Waals surface area (Å²) in [5.74, 6) is 0.901. The summed E-state index contributed by atoms with van der Waals surface area (Å²) in [4.78, 5) is 4.26. The van der Waals surface area contributed by atoms with Crippen molar-refractivity contribution in [2.24, 2.45) is 0 Å². The molecule has 1 atom stereocenters. The molecule has 1 rings (SSSR count). The first-order valence-electron chi connectivity index (χ1n) is 4.21. The van der Waals surface area contributed by atoms with Crippen LogP contribution in [0.2, 0.25) is 0 Å². The summed E-state index contributed by atoms with van der Waals surface area (Å²) in [6.07, 6.45) is 2.87. The molecule has 2 nitrogen and oxygen atoms in total. The van der Waals surface area contributed by atoms with Gasteiger partial charge >= 0.3 is 0 Å².